The van der Waals surface area contributed by atoms with E-state index in [4.69, 9.17) is 0 Å². The van der Waals surface area contributed by atoms with Crippen molar-refractivity contribution in [1.29, 1.82) is 0 Å². The summed E-state index contributed by atoms with van der Waals surface area (Å²) in [7, 11) is 0. The van der Waals surface area contributed by atoms with E-state index >= 15 is 0 Å². The largest absolute Gasteiger partial charge is 0.350 e. The van der Waals surface area contributed by atoms with E-state index in [9.17, 15) is 4.79 Å². The number of para-hydroxylation sites is 1. The molecule has 1 N–H and O–H groups in total. The van der Waals surface area contributed by atoms with Crippen LogP contribution in [0.5, 0.6) is 0 Å². The van der Waals surface area contributed by atoms with Crippen LogP contribution in [0.25, 0.3) is 21.1 Å². The van der Waals surface area contributed by atoms with Gasteiger partial charge in [0.1, 0.15) is 4.83 Å². The van der Waals surface area contributed by atoms with Crippen LogP contribution in [0.15, 0.2) is 41.8 Å². The number of hydrogen-bond acceptors (Lipinski definition) is 2. The number of aryl methyl sites for hydroxylation is 2. The number of thiophene rings is 1. The number of hydrogen-bond donors (Lipinski definition) is 1. The lowest BCUT2D eigenvalue weighted by Crippen LogP contribution is -2.10. The van der Waals surface area contributed by atoms with Crippen LogP contribution in [-0.4, -0.2) is 15.3 Å². The zero-order chi connectivity index (χ0) is 16.0. The van der Waals surface area contributed by atoms with Crippen molar-refractivity contribution < 1.29 is 4.79 Å². The summed E-state index contributed by atoms with van der Waals surface area (Å²) in [6.07, 6.45) is 0.999. The van der Waals surface area contributed by atoms with Crippen LogP contribution in [-0.2, 0) is 6.54 Å². The van der Waals surface area contributed by atoms with Gasteiger partial charge in [-0.15, -0.1) is 11.3 Å². The molecule has 4 heteroatoms. The molecule has 0 fully saturated rings. The van der Waals surface area contributed by atoms with Gasteiger partial charge in [-0.05, 0) is 36.9 Å². The quantitative estimate of drug-likeness (QED) is 0.519. The number of aromatic amines is 1. The SMILES string of the molecule is CCCn1c(C(=O)c2c(C)[nH]c3sccc23)cc2ccccc21. The molecule has 1 aromatic carbocycles. The molecule has 0 unspecified atom stereocenters. The van der Waals surface area contributed by atoms with Crippen molar-refractivity contribution in [3.63, 3.8) is 0 Å². The van der Waals surface area contributed by atoms with Crippen molar-refractivity contribution in [1.82, 2.24) is 9.55 Å². The number of rotatable bonds is 4. The molecule has 4 rings (SSSR count). The summed E-state index contributed by atoms with van der Waals surface area (Å²) < 4.78 is 2.16. The fourth-order valence-electron chi connectivity index (χ4n) is 3.32. The van der Waals surface area contributed by atoms with Crippen LogP contribution < -0.4 is 0 Å². The van der Waals surface area contributed by atoms with Gasteiger partial charge in [0.25, 0.3) is 0 Å². The maximum Gasteiger partial charge on any atom is 0.211 e. The Kier molecular flexibility index (Phi) is 3.34. The zero-order valence-corrected chi connectivity index (χ0v) is 14.0. The van der Waals surface area contributed by atoms with Crippen molar-refractivity contribution in [3.8, 4) is 0 Å². The lowest BCUT2D eigenvalue weighted by molar-refractivity contribution is 0.103. The average Bonchev–Trinajstić information content (AvgIpc) is 3.20. The number of carbonyl (C=O) groups excluding carboxylic acids is 1. The van der Waals surface area contributed by atoms with Gasteiger partial charge in [-0.3, -0.25) is 4.79 Å². The number of fused-ring (bicyclic) bond motifs is 2. The second kappa shape index (κ2) is 5.39. The fraction of sp³-hybridized carbons (Fsp3) is 0.211. The predicted molar refractivity (Wildman–Crippen MR) is 96.6 cm³/mol. The summed E-state index contributed by atoms with van der Waals surface area (Å²) in [6.45, 7) is 4.97. The maximum absolute atomic E-state index is 13.3. The Hall–Kier alpha value is -2.33. The standard InChI is InChI=1S/C19H18N2OS/c1-3-9-21-15-7-5-4-6-13(15)11-16(21)18(22)17-12(2)20-19-14(17)8-10-23-19/h4-8,10-11,20H,3,9H2,1-2H3. The van der Waals surface area contributed by atoms with Crippen LogP contribution in [0.3, 0.4) is 0 Å². The van der Waals surface area contributed by atoms with Crippen LogP contribution in [0.1, 0.15) is 35.1 Å². The smallest absolute Gasteiger partial charge is 0.211 e. The summed E-state index contributed by atoms with van der Waals surface area (Å²) in [6, 6.07) is 12.3. The number of carbonyl (C=O) groups is 1. The van der Waals surface area contributed by atoms with Crippen molar-refractivity contribution in [2.75, 3.05) is 0 Å². The molecule has 3 heterocycles. The molecule has 4 aromatic rings. The van der Waals surface area contributed by atoms with Gasteiger partial charge < -0.3 is 9.55 Å². The first-order valence-electron chi connectivity index (χ1n) is 7.89. The van der Waals surface area contributed by atoms with E-state index in [1.165, 1.54) is 0 Å². The average molecular weight is 322 g/mol. The highest BCUT2D eigenvalue weighted by Gasteiger charge is 2.22. The monoisotopic (exact) mass is 322 g/mol. The molecule has 0 aliphatic carbocycles. The molecule has 3 aromatic heterocycles. The van der Waals surface area contributed by atoms with Gasteiger partial charge in [-0.25, -0.2) is 0 Å². The molecule has 0 atom stereocenters. The van der Waals surface area contributed by atoms with Gasteiger partial charge >= 0.3 is 0 Å². The first-order valence-corrected chi connectivity index (χ1v) is 8.77. The van der Waals surface area contributed by atoms with Crippen molar-refractivity contribution in [3.05, 3.63) is 58.7 Å². The van der Waals surface area contributed by atoms with Gasteiger partial charge in [-0.2, -0.15) is 0 Å². The van der Waals surface area contributed by atoms with E-state index in [0.29, 0.717) is 0 Å². The Bertz CT molecular complexity index is 1020. The van der Waals surface area contributed by atoms with Crippen molar-refractivity contribution >= 4 is 38.2 Å². The number of H-pyrrole nitrogens is 1. The Morgan fingerprint density at radius 2 is 2.09 bits per heavy atom. The molecule has 0 aliphatic heterocycles. The molecule has 0 saturated carbocycles. The first kappa shape index (κ1) is 14.3. The van der Waals surface area contributed by atoms with E-state index in [0.717, 1.165) is 51.0 Å². The van der Waals surface area contributed by atoms with E-state index in [1.807, 2.05) is 36.6 Å². The Labute approximate surface area is 138 Å². The molecule has 23 heavy (non-hydrogen) atoms. The number of benzene rings is 1. The van der Waals surface area contributed by atoms with Crippen molar-refractivity contribution in [2.24, 2.45) is 0 Å². The van der Waals surface area contributed by atoms with Crippen LogP contribution in [0.2, 0.25) is 0 Å². The van der Waals surface area contributed by atoms with Gasteiger partial charge in [0, 0.05) is 28.5 Å². The molecule has 0 bridgehead atoms. The fourth-order valence-corrected chi connectivity index (χ4v) is 4.17. The maximum atomic E-state index is 13.3. The van der Waals surface area contributed by atoms with Crippen molar-refractivity contribution in [2.45, 2.75) is 26.8 Å². The minimum Gasteiger partial charge on any atom is -0.350 e. The second-order valence-corrected chi connectivity index (χ2v) is 6.77. The number of aromatic nitrogens is 2. The predicted octanol–water partition coefficient (Wildman–Crippen LogP) is 5.13. The van der Waals surface area contributed by atoms with E-state index in [1.54, 1.807) is 11.3 Å². The van der Waals surface area contributed by atoms with Gasteiger partial charge in [0.2, 0.25) is 5.78 Å². The van der Waals surface area contributed by atoms with Crippen LogP contribution in [0, 0.1) is 6.92 Å². The lowest BCUT2D eigenvalue weighted by Gasteiger charge is -2.09. The third-order valence-electron chi connectivity index (χ3n) is 4.33. The normalized spacial score (nSPS) is 11.6. The second-order valence-electron chi connectivity index (χ2n) is 5.86. The molecule has 0 spiro atoms. The summed E-state index contributed by atoms with van der Waals surface area (Å²) >= 11 is 1.64. The third-order valence-corrected chi connectivity index (χ3v) is 5.16. The lowest BCUT2D eigenvalue weighted by atomic mass is 10.1. The first-order chi connectivity index (χ1) is 11.2. The van der Waals surface area contributed by atoms with E-state index in [-0.39, 0.29) is 5.78 Å². The highest BCUT2D eigenvalue weighted by atomic mass is 32.1. The molecule has 0 aliphatic rings. The molecular weight excluding hydrogens is 304 g/mol. The van der Waals surface area contributed by atoms with E-state index < -0.39 is 0 Å². The molecule has 0 amide bonds. The highest BCUT2D eigenvalue weighted by Crippen LogP contribution is 2.30. The minimum absolute atomic E-state index is 0.108. The van der Waals surface area contributed by atoms with E-state index in [2.05, 4.69) is 28.6 Å². The third kappa shape index (κ3) is 2.13. The molecule has 3 nitrogen and oxygen atoms in total. The number of nitrogens with zero attached hydrogens (tertiary/aromatic N) is 1. The Morgan fingerprint density at radius 1 is 1.26 bits per heavy atom. The minimum atomic E-state index is 0.108. The van der Waals surface area contributed by atoms with Gasteiger partial charge in [0.05, 0.1) is 11.3 Å². The Morgan fingerprint density at radius 3 is 2.91 bits per heavy atom. The summed E-state index contributed by atoms with van der Waals surface area (Å²) in [5.74, 6) is 0.108. The molecular formula is C19H18N2OS. The van der Waals surface area contributed by atoms with Crippen LogP contribution >= 0.6 is 11.3 Å². The van der Waals surface area contributed by atoms with Gasteiger partial charge in [-0.1, -0.05) is 25.1 Å². The number of nitrogens with one attached hydrogen (secondary N) is 1. The highest BCUT2D eigenvalue weighted by molar-refractivity contribution is 7.16. The van der Waals surface area contributed by atoms with Crippen LogP contribution in [0.4, 0.5) is 0 Å². The number of ketones is 1. The van der Waals surface area contributed by atoms with Gasteiger partial charge in [0.15, 0.2) is 0 Å². The summed E-state index contributed by atoms with van der Waals surface area (Å²) in [4.78, 5) is 17.7. The summed E-state index contributed by atoms with van der Waals surface area (Å²) in [5, 5.41) is 4.18. The molecule has 116 valence electrons. The molecule has 0 saturated heterocycles. The Balaban J connectivity index is 1.94. The topological polar surface area (TPSA) is 37.8 Å². The summed E-state index contributed by atoms with van der Waals surface area (Å²) in [5.41, 5.74) is 3.67. The zero-order valence-electron chi connectivity index (χ0n) is 13.2. The molecule has 0 radical (unpaired) electrons.